The van der Waals surface area contributed by atoms with Crippen molar-refractivity contribution >= 4 is 140 Å². The predicted molar refractivity (Wildman–Crippen MR) is 510 cm³/mol. The topological polar surface area (TPSA) is 622 Å². The number of thioether (sulfide) groups is 1. The number of aliphatic hydroxyl groups excluding tert-OH is 1. The number of para-hydroxylation sites is 2. The summed E-state index contributed by atoms with van der Waals surface area (Å²) in [4.78, 5) is 277. The van der Waals surface area contributed by atoms with E-state index in [0.717, 1.165) is 21.6 Å². The van der Waals surface area contributed by atoms with Gasteiger partial charge in [0.15, 0.2) is 23.3 Å². The highest BCUT2D eigenvalue weighted by Gasteiger charge is 2.44. The molecule has 21 N–H and O–H groups in total. The van der Waals surface area contributed by atoms with Crippen molar-refractivity contribution < 1.29 is 86.6 Å². The largest absolute Gasteiger partial charge is 0.394 e. The predicted octanol–water partition coefficient (Wildman–Crippen LogP) is 1.27. The molecule has 0 aliphatic carbocycles. The van der Waals surface area contributed by atoms with Crippen molar-refractivity contribution in [3.05, 3.63) is 144 Å². The quantitative estimate of drug-likeness (QED) is 0.0178. The number of hydrogen-bond donors (Lipinski definition) is 18. The number of nitrogens with one attached hydrogen (secondary N) is 14. The van der Waals surface area contributed by atoms with E-state index in [9.17, 15) is 38.7 Å². The molecule has 137 heavy (non-hydrogen) atoms. The van der Waals surface area contributed by atoms with Crippen LogP contribution in [0.25, 0.3) is 21.8 Å². The molecule has 0 spiro atoms. The van der Waals surface area contributed by atoms with Crippen LogP contribution in [-0.4, -0.2) is 285 Å². The molecule has 0 bridgehead atoms. The lowest BCUT2D eigenvalue weighted by atomic mass is 9.88. The van der Waals surface area contributed by atoms with E-state index in [1.54, 1.807) is 79.1 Å². The number of nitrogens with two attached hydrogens (primary N) is 3. The van der Waals surface area contributed by atoms with E-state index in [1.807, 2.05) is 39.8 Å². The number of aliphatic hydroxyl groups is 1. The summed E-state index contributed by atoms with van der Waals surface area (Å²) in [6.07, 6.45) is 7.01. The number of amides is 14. The number of H-pyrrole nitrogens is 4. The van der Waals surface area contributed by atoms with Crippen molar-refractivity contribution in [3.8, 4) is 0 Å². The van der Waals surface area contributed by atoms with E-state index >= 15 is 47.9 Å². The van der Waals surface area contributed by atoms with Crippen molar-refractivity contribution in [2.24, 2.45) is 35.0 Å². The van der Waals surface area contributed by atoms with Crippen molar-refractivity contribution in [1.29, 1.82) is 5.41 Å². The third kappa shape index (κ3) is 31.2. The molecule has 7 aromatic rings. The molecule has 6 heterocycles. The second kappa shape index (κ2) is 52.4. The molecule has 4 aromatic heterocycles. The Labute approximate surface area is 798 Å². The lowest BCUT2D eigenvalue weighted by Crippen LogP contribution is -2.61. The highest BCUT2D eigenvalue weighted by molar-refractivity contribution is 8.00. The summed E-state index contributed by atoms with van der Waals surface area (Å²) in [6, 6.07) is 4.68. The number of benzene rings is 3. The van der Waals surface area contributed by atoms with Crippen LogP contribution in [0.5, 0.6) is 0 Å². The second-order valence-electron chi connectivity index (χ2n) is 35.6. The summed E-state index contributed by atoms with van der Waals surface area (Å²) in [5.74, 6) is -18.2. The molecule has 2 aliphatic heterocycles. The van der Waals surface area contributed by atoms with Crippen molar-refractivity contribution in [1.82, 2.24) is 97.4 Å². The maximum absolute atomic E-state index is 16.0. The first kappa shape index (κ1) is 107. The van der Waals surface area contributed by atoms with Crippen molar-refractivity contribution in [3.63, 3.8) is 0 Å². The zero-order chi connectivity index (χ0) is 99.7. The summed E-state index contributed by atoms with van der Waals surface area (Å²) in [5.41, 5.74) is 20.5. The molecule has 2 saturated heterocycles. The van der Waals surface area contributed by atoms with Crippen LogP contribution in [0.4, 0.5) is 0 Å². The zero-order valence-corrected chi connectivity index (χ0v) is 79.5. The summed E-state index contributed by atoms with van der Waals surface area (Å²) in [5, 5.41) is 44.9. The monoisotopic (exact) mass is 1910 g/mol. The summed E-state index contributed by atoms with van der Waals surface area (Å²) in [6.45, 7) is 7.54. The first-order valence-corrected chi connectivity index (χ1v) is 47.7. The number of primary amides is 2. The Bertz CT molecular complexity index is 5360. The first-order valence-electron chi connectivity index (χ1n) is 46.5. The number of guanidine groups is 1. The Kier molecular flexibility index (Phi) is 41.0. The molecule has 9 rings (SSSR count). The molecular weight excluding hydrogens is 1780 g/mol. The Balaban J connectivity index is 1.11. The number of unbranched alkanes of at least 4 members (excludes halogenated alkanes) is 2. The van der Waals surface area contributed by atoms with Gasteiger partial charge in [0, 0.05) is 156 Å². The van der Waals surface area contributed by atoms with Gasteiger partial charge in [-0.25, -0.2) is 9.97 Å². The molecule has 0 saturated carbocycles. The van der Waals surface area contributed by atoms with Crippen LogP contribution < -0.4 is 65.1 Å². The van der Waals surface area contributed by atoms with Crippen LogP contribution in [0.3, 0.4) is 0 Å². The minimum Gasteiger partial charge on any atom is -0.394 e. The van der Waals surface area contributed by atoms with Crippen molar-refractivity contribution in [2.45, 2.75) is 242 Å². The fourth-order valence-electron chi connectivity index (χ4n) is 17.2. The van der Waals surface area contributed by atoms with E-state index in [0.29, 0.717) is 69.9 Å². The molecule has 1 unspecified atom stereocenters. The van der Waals surface area contributed by atoms with Gasteiger partial charge in [-0.1, -0.05) is 120 Å². The maximum atomic E-state index is 16.0. The van der Waals surface area contributed by atoms with Gasteiger partial charge in [0.1, 0.15) is 54.4 Å². The Morgan fingerprint density at radius 2 is 1.10 bits per heavy atom. The Morgan fingerprint density at radius 3 is 1.71 bits per heavy atom. The van der Waals surface area contributed by atoms with Gasteiger partial charge in [-0.05, 0) is 86.6 Å². The minimum atomic E-state index is -1.90. The van der Waals surface area contributed by atoms with Gasteiger partial charge in [0.05, 0.1) is 61.2 Å². The standard InChI is InChI=1S/C95H131N23O18S/c1-9-11-29-75-79(121)41-57(36-54(3)4)85(127)114-74(78(120)32-33-81(96)123)50-137-51-83(125)107-70(37-56-22-14-13-15-23-56)91(133)115(6)55(5)84(126)111-72(44-82(97)124)93(135)118-35-21-31-76(118)80(122)42-58(38-61-47-100-52-105-61)86(128)109-69(43-62-48-101-53-106-62)89(131)113-73(49-119)90(132)110-68(39-59-45-103-65-26-18-16-24-63(59)65)88(130)108-67(28-20-34-102-95(98)99)87(129)112-71(40-60-46-104-66-27-19-17-25-64(60)66)92(134)117(8)77(30-12-10-2)94(136)116(75)7/h13-19,22-27,45-48,52-55,57-58,67-77,103-104,119H,9-12,20-21,28-44,49-51H2,1-8H3,(H2,96,123)(H2,97,124)(H,100,105)(H,101,106)(H,107,125)(H,108,130)(H,109,128)(H,110,132)(H,111,126)(H,112,129)(H,113,131)(H,114,127)(H4,98,99,102)/t55-,57+,58+,67-,68-,69-,70-,71-,72-,73-,74-,75-,76?,77-/m0/s1. The molecule has 2 aliphatic rings. The molecule has 2 fully saturated rings. The number of hydrogen-bond acceptors (Lipinski definition) is 22. The number of carbonyl (C=O) groups excluding carboxylic acids is 17. The Hall–Kier alpha value is -13.7. The number of carbonyl (C=O) groups is 17. The summed E-state index contributed by atoms with van der Waals surface area (Å²) < 4.78 is 0. The molecule has 0 radical (unpaired) electrons. The van der Waals surface area contributed by atoms with Gasteiger partial charge in [-0.3, -0.25) is 86.9 Å². The molecular formula is C95H131N23O18S. The number of aromatic amines is 4. The van der Waals surface area contributed by atoms with Gasteiger partial charge < -0.3 is 110 Å². The van der Waals surface area contributed by atoms with Gasteiger partial charge in [0.2, 0.25) is 82.7 Å². The van der Waals surface area contributed by atoms with Crippen LogP contribution in [0.1, 0.15) is 165 Å². The number of imidazole rings is 2. The fourth-order valence-corrected chi connectivity index (χ4v) is 18.1. The number of fused-ring (bicyclic) bond motifs is 3. The zero-order valence-electron chi connectivity index (χ0n) is 78.7. The summed E-state index contributed by atoms with van der Waals surface area (Å²) in [7, 11) is 4.12. The van der Waals surface area contributed by atoms with E-state index < -0.39 is 235 Å². The average molecular weight is 1920 g/mol. The minimum absolute atomic E-state index is 0.00904. The van der Waals surface area contributed by atoms with Gasteiger partial charge >= 0.3 is 0 Å². The Morgan fingerprint density at radius 1 is 0.547 bits per heavy atom. The smallest absolute Gasteiger partial charge is 0.246 e. The van der Waals surface area contributed by atoms with Crippen LogP contribution in [0.2, 0.25) is 0 Å². The van der Waals surface area contributed by atoms with Gasteiger partial charge in [-0.15, -0.1) is 11.8 Å². The number of nitrogens with zero attached hydrogens (tertiary/aromatic N) is 6. The fraction of sp³-hybridized carbons (Fsp3) is 0.516. The number of Topliss-reactive ketones (excluding diaryl/α,β-unsaturated/α-hetero) is 3. The second-order valence-corrected chi connectivity index (χ2v) is 36.6. The number of aromatic nitrogens is 6. The lowest BCUT2D eigenvalue weighted by Gasteiger charge is -2.36. The molecule has 14 atom stereocenters. The molecule has 42 heteroatoms. The van der Waals surface area contributed by atoms with Gasteiger partial charge in [-0.2, -0.15) is 0 Å². The maximum Gasteiger partial charge on any atom is 0.246 e. The molecule has 41 nitrogen and oxygen atoms in total. The van der Waals surface area contributed by atoms with E-state index in [2.05, 4.69) is 77.8 Å². The van der Waals surface area contributed by atoms with Crippen LogP contribution in [-0.2, 0) is 114 Å². The van der Waals surface area contributed by atoms with Gasteiger partial charge in [0.25, 0.3) is 0 Å². The molecule has 3 aromatic carbocycles. The van der Waals surface area contributed by atoms with Crippen LogP contribution in [0, 0.1) is 23.2 Å². The van der Waals surface area contributed by atoms with E-state index in [4.69, 9.17) is 22.6 Å². The molecule has 14 amide bonds. The highest BCUT2D eigenvalue weighted by Crippen LogP contribution is 2.29. The van der Waals surface area contributed by atoms with Crippen LogP contribution >= 0.6 is 11.8 Å². The van der Waals surface area contributed by atoms with E-state index in [-0.39, 0.29) is 108 Å². The number of ketones is 3. The van der Waals surface area contributed by atoms with Crippen molar-refractivity contribution in [2.75, 3.05) is 52.3 Å². The first-order chi connectivity index (χ1) is 65.5. The third-order valence-corrected chi connectivity index (χ3v) is 25.9. The highest BCUT2D eigenvalue weighted by atomic mass is 32.2. The average Bonchev–Trinajstić information content (AvgIpc) is 1.80. The summed E-state index contributed by atoms with van der Waals surface area (Å²) >= 11 is 0.887. The number of rotatable bonds is 29. The third-order valence-electron chi connectivity index (χ3n) is 24.8. The number of likely N-dealkylation sites (N-methyl/N-ethyl adjacent to an activating group) is 3. The molecule has 740 valence electrons. The SMILES string of the molecule is CCCC[C@H]1C(=O)N(C)[C@@H](CCCC)C(=O)C[C@@H](CC(C)C)C(=O)N[C@H](C(=O)CCC(N)=O)CSCC(=O)N[C@@H](Cc2ccccc2)C(=O)N(C)[C@@H](C)C(=O)N[C@@H](CC(N)=O)C(=O)N2CCCC2C(=O)C[C@@H](Cc2cnc[nH]2)C(=O)N[C@@H](Cc2c[nH]cn2)C(=O)N[C@@H](CO)C(=O)N[C@@H](Cc2c[nH]c3ccccc23)C(=O)N[C@@H](CCCNC(=N)N)C(=O)N[C@@H](Cc2c[nH]c3ccccc23)C(=O)N1C. The lowest BCUT2D eigenvalue weighted by molar-refractivity contribution is -0.149. The van der Waals surface area contributed by atoms with E-state index in [1.165, 1.54) is 62.9 Å². The van der Waals surface area contributed by atoms with Crippen LogP contribution in [0.15, 0.2) is 116 Å². The normalized spacial score (nSPS) is 23.7.